The van der Waals surface area contributed by atoms with Crippen LogP contribution in [0.3, 0.4) is 0 Å². The highest BCUT2D eigenvalue weighted by Crippen LogP contribution is 2.23. The minimum Gasteiger partial charge on any atom is -0.478 e. The normalized spacial score (nSPS) is 11.8. The Kier molecular flexibility index (Phi) is 5.64. The van der Waals surface area contributed by atoms with Crippen LogP contribution in [0.2, 0.25) is 0 Å². The predicted molar refractivity (Wildman–Crippen MR) is 99.4 cm³/mol. The molecule has 3 aromatic rings. The molecular formula is C22H20FNO2. The first-order chi connectivity index (χ1) is 12.6. The Hall–Kier alpha value is -3.14. The van der Waals surface area contributed by atoms with Gasteiger partial charge in [-0.15, -0.1) is 0 Å². The molecule has 4 heteroatoms. The number of ether oxygens (including phenoxy) is 1. The molecule has 0 unspecified atom stereocenters. The molecule has 1 atom stereocenters. The van der Waals surface area contributed by atoms with E-state index < -0.39 is 11.9 Å². The highest BCUT2D eigenvalue weighted by molar-refractivity contribution is 5.81. The molecule has 0 aliphatic carbocycles. The van der Waals surface area contributed by atoms with Crippen LogP contribution >= 0.6 is 0 Å². The average Bonchev–Trinajstić information content (AvgIpc) is 2.69. The van der Waals surface area contributed by atoms with E-state index >= 15 is 0 Å². The average molecular weight is 349 g/mol. The van der Waals surface area contributed by atoms with Crippen molar-refractivity contribution in [3.05, 3.63) is 102 Å². The number of hydrogen-bond acceptors (Lipinski definition) is 2. The smallest absolute Gasteiger partial charge is 0.261 e. The van der Waals surface area contributed by atoms with Gasteiger partial charge < -0.3 is 10.1 Å². The zero-order valence-electron chi connectivity index (χ0n) is 14.4. The van der Waals surface area contributed by atoms with Crippen molar-refractivity contribution < 1.29 is 13.9 Å². The number of benzene rings is 3. The van der Waals surface area contributed by atoms with E-state index in [1.807, 2.05) is 60.7 Å². The van der Waals surface area contributed by atoms with Gasteiger partial charge in [0, 0.05) is 0 Å². The molecule has 0 radical (unpaired) electrons. The summed E-state index contributed by atoms with van der Waals surface area (Å²) in [5, 5.41) is 3.00. The molecule has 1 amide bonds. The first-order valence-electron chi connectivity index (χ1n) is 8.46. The van der Waals surface area contributed by atoms with Crippen LogP contribution in [0.25, 0.3) is 0 Å². The number of hydrogen-bond donors (Lipinski definition) is 1. The van der Waals surface area contributed by atoms with Gasteiger partial charge in [0.15, 0.2) is 17.7 Å². The number of carbonyl (C=O) groups excluding carboxylic acids is 1. The molecule has 26 heavy (non-hydrogen) atoms. The van der Waals surface area contributed by atoms with Crippen LogP contribution in [0.1, 0.15) is 24.1 Å². The number of amides is 1. The van der Waals surface area contributed by atoms with Gasteiger partial charge in [-0.1, -0.05) is 72.8 Å². The molecule has 0 aliphatic rings. The lowest BCUT2D eigenvalue weighted by Crippen LogP contribution is -2.39. The predicted octanol–water partition coefficient (Wildman–Crippen LogP) is 4.50. The Morgan fingerprint density at radius 3 is 1.88 bits per heavy atom. The van der Waals surface area contributed by atoms with Gasteiger partial charge in [-0.3, -0.25) is 4.79 Å². The van der Waals surface area contributed by atoms with Crippen LogP contribution < -0.4 is 10.1 Å². The SMILES string of the molecule is C[C@@H](Oc1ccccc1F)C(=O)NC(c1ccccc1)c1ccccc1. The highest BCUT2D eigenvalue weighted by Gasteiger charge is 2.22. The van der Waals surface area contributed by atoms with Crippen LogP contribution in [0.5, 0.6) is 5.75 Å². The maximum atomic E-state index is 13.7. The third-order valence-corrected chi connectivity index (χ3v) is 4.06. The second-order valence-corrected chi connectivity index (χ2v) is 5.95. The van der Waals surface area contributed by atoms with Crippen molar-refractivity contribution in [1.29, 1.82) is 0 Å². The van der Waals surface area contributed by atoms with Gasteiger partial charge in [0.2, 0.25) is 0 Å². The van der Waals surface area contributed by atoms with E-state index in [-0.39, 0.29) is 17.7 Å². The maximum Gasteiger partial charge on any atom is 0.261 e. The number of para-hydroxylation sites is 1. The van der Waals surface area contributed by atoms with Gasteiger partial charge in [0.25, 0.3) is 5.91 Å². The number of carbonyl (C=O) groups is 1. The van der Waals surface area contributed by atoms with Crippen molar-refractivity contribution in [3.8, 4) is 5.75 Å². The van der Waals surface area contributed by atoms with E-state index in [1.165, 1.54) is 12.1 Å². The summed E-state index contributed by atoms with van der Waals surface area (Å²) in [6, 6.07) is 25.1. The number of halogens is 1. The van der Waals surface area contributed by atoms with Crippen LogP contribution in [0, 0.1) is 5.82 Å². The summed E-state index contributed by atoms with van der Waals surface area (Å²) in [7, 11) is 0. The Morgan fingerprint density at radius 1 is 0.846 bits per heavy atom. The summed E-state index contributed by atoms with van der Waals surface area (Å²) < 4.78 is 19.2. The van der Waals surface area contributed by atoms with E-state index in [1.54, 1.807) is 19.1 Å². The first-order valence-corrected chi connectivity index (χ1v) is 8.46. The lowest BCUT2D eigenvalue weighted by Gasteiger charge is -2.22. The third-order valence-electron chi connectivity index (χ3n) is 4.06. The fourth-order valence-electron chi connectivity index (χ4n) is 2.69. The zero-order valence-corrected chi connectivity index (χ0v) is 14.4. The number of rotatable bonds is 6. The Bertz CT molecular complexity index is 813. The van der Waals surface area contributed by atoms with Gasteiger partial charge in [-0.25, -0.2) is 4.39 Å². The molecule has 0 spiro atoms. The highest BCUT2D eigenvalue weighted by atomic mass is 19.1. The van der Waals surface area contributed by atoms with Crippen molar-refractivity contribution in [1.82, 2.24) is 5.32 Å². The molecule has 1 N–H and O–H groups in total. The molecule has 0 saturated heterocycles. The molecule has 132 valence electrons. The largest absolute Gasteiger partial charge is 0.478 e. The van der Waals surface area contributed by atoms with Crippen LogP contribution in [-0.4, -0.2) is 12.0 Å². The monoisotopic (exact) mass is 349 g/mol. The van der Waals surface area contributed by atoms with Crippen molar-refractivity contribution in [2.24, 2.45) is 0 Å². The Morgan fingerprint density at radius 2 is 1.35 bits per heavy atom. The molecule has 0 heterocycles. The molecule has 0 saturated carbocycles. The molecule has 3 nitrogen and oxygen atoms in total. The van der Waals surface area contributed by atoms with Gasteiger partial charge in [0.05, 0.1) is 6.04 Å². The van der Waals surface area contributed by atoms with Crippen molar-refractivity contribution in [3.63, 3.8) is 0 Å². The summed E-state index contributed by atoms with van der Waals surface area (Å²) >= 11 is 0. The van der Waals surface area contributed by atoms with Crippen LogP contribution in [-0.2, 0) is 4.79 Å². The molecular weight excluding hydrogens is 329 g/mol. The fourth-order valence-corrected chi connectivity index (χ4v) is 2.69. The van der Waals surface area contributed by atoms with E-state index in [2.05, 4.69) is 5.32 Å². The molecule has 0 bridgehead atoms. The number of nitrogens with one attached hydrogen (secondary N) is 1. The quantitative estimate of drug-likeness (QED) is 0.712. The fraction of sp³-hybridized carbons (Fsp3) is 0.136. The lowest BCUT2D eigenvalue weighted by atomic mass is 9.98. The summed E-state index contributed by atoms with van der Waals surface area (Å²) in [6.45, 7) is 1.61. The van der Waals surface area contributed by atoms with Gasteiger partial charge in [0.1, 0.15) is 0 Å². The lowest BCUT2D eigenvalue weighted by molar-refractivity contribution is -0.127. The minimum absolute atomic E-state index is 0.0612. The molecule has 3 rings (SSSR count). The zero-order chi connectivity index (χ0) is 18.4. The molecule has 0 fully saturated rings. The van der Waals surface area contributed by atoms with E-state index in [4.69, 9.17) is 4.74 Å². The molecule has 0 aromatic heterocycles. The van der Waals surface area contributed by atoms with Crippen molar-refractivity contribution >= 4 is 5.91 Å². The van der Waals surface area contributed by atoms with E-state index in [0.29, 0.717) is 0 Å². The Labute approximate surface area is 152 Å². The molecule has 3 aromatic carbocycles. The van der Waals surface area contributed by atoms with Gasteiger partial charge in [-0.05, 0) is 30.2 Å². The van der Waals surface area contributed by atoms with E-state index in [9.17, 15) is 9.18 Å². The summed E-state index contributed by atoms with van der Waals surface area (Å²) in [5.41, 5.74) is 1.93. The Balaban J connectivity index is 1.78. The summed E-state index contributed by atoms with van der Waals surface area (Å²) in [4.78, 5) is 12.7. The summed E-state index contributed by atoms with van der Waals surface area (Å²) in [5.74, 6) is -0.744. The second kappa shape index (κ2) is 8.30. The van der Waals surface area contributed by atoms with Crippen LogP contribution in [0.15, 0.2) is 84.9 Å². The maximum absolute atomic E-state index is 13.7. The van der Waals surface area contributed by atoms with Crippen molar-refractivity contribution in [2.75, 3.05) is 0 Å². The van der Waals surface area contributed by atoms with E-state index in [0.717, 1.165) is 11.1 Å². The standard InChI is InChI=1S/C22H20FNO2/c1-16(26-20-15-9-8-14-19(20)23)22(25)24-21(17-10-4-2-5-11-17)18-12-6-3-7-13-18/h2-16,21H,1H3,(H,24,25)/t16-/m1/s1. The molecule has 0 aliphatic heterocycles. The minimum atomic E-state index is -0.832. The van der Waals surface area contributed by atoms with Crippen molar-refractivity contribution in [2.45, 2.75) is 19.1 Å². The van der Waals surface area contributed by atoms with Crippen LogP contribution in [0.4, 0.5) is 4.39 Å². The van der Waals surface area contributed by atoms with Gasteiger partial charge >= 0.3 is 0 Å². The second-order valence-electron chi connectivity index (χ2n) is 5.95. The van der Waals surface area contributed by atoms with Gasteiger partial charge in [-0.2, -0.15) is 0 Å². The summed E-state index contributed by atoms with van der Waals surface area (Å²) in [6.07, 6.45) is -0.832. The third kappa shape index (κ3) is 4.28. The first kappa shape index (κ1) is 17.7. The topological polar surface area (TPSA) is 38.3 Å².